The fraction of sp³-hybridized carbons (Fsp3) is 0.643. The molecule has 0 unspecified atom stereocenters. The Morgan fingerprint density at radius 1 is 1.39 bits per heavy atom. The van der Waals surface area contributed by atoms with Crippen LogP contribution in [0.3, 0.4) is 0 Å². The highest BCUT2D eigenvalue weighted by molar-refractivity contribution is 6.17. The van der Waals surface area contributed by atoms with Gasteiger partial charge in [-0.25, -0.2) is 4.98 Å². The van der Waals surface area contributed by atoms with Crippen molar-refractivity contribution in [3.8, 4) is 5.88 Å². The van der Waals surface area contributed by atoms with Gasteiger partial charge in [0.1, 0.15) is 6.10 Å². The highest BCUT2D eigenvalue weighted by atomic mass is 35.5. The second-order valence-electron chi connectivity index (χ2n) is 5.12. The molecule has 1 aromatic heterocycles. The van der Waals surface area contributed by atoms with Crippen molar-refractivity contribution in [1.82, 2.24) is 9.88 Å². The summed E-state index contributed by atoms with van der Waals surface area (Å²) in [4.78, 5) is 6.83. The number of pyridine rings is 1. The van der Waals surface area contributed by atoms with Gasteiger partial charge < -0.3 is 9.64 Å². The topological polar surface area (TPSA) is 25.4 Å². The third kappa shape index (κ3) is 3.15. The standard InChI is InChI=1S/C14H21ClN2O/c1-10-8-11(2)16-14(13(10)9-15)18-12-4-6-17(3)7-5-12/h8,12H,4-7,9H2,1-3H3. The van der Waals surface area contributed by atoms with Crippen LogP contribution in [0.4, 0.5) is 0 Å². The van der Waals surface area contributed by atoms with E-state index in [9.17, 15) is 0 Å². The Morgan fingerprint density at radius 3 is 2.67 bits per heavy atom. The molecule has 2 heterocycles. The summed E-state index contributed by atoms with van der Waals surface area (Å²) in [6, 6.07) is 2.05. The molecule has 18 heavy (non-hydrogen) atoms. The maximum atomic E-state index is 6.07. The molecule has 1 fully saturated rings. The number of hydrogen-bond donors (Lipinski definition) is 0. The van der Waals surface area contributed by atoms with Gasteiger partial charge in [-0.15, -0.1) is 11.6 Å². The molecule has 1 aromatic rings. The van der Waals surface area contributed by atoms with Crippen LogP contribution in [0.2, 0.25) is 0 Å². The first-order valence-electron chi connectivity index (χ1n) is 6.48. The van der Waals surface area contributed by atoms with E-state index in [1.807, 2.05) is 6.92 Å². The molecule has 100 valence electrons. The normalized spacial score (nSPS) is 18.0. The number of rotatable bonds is 3. The number of nitrogens with zero attached hydrogens (tertiary/aromatic N) is 2. The molecule has 2 rings (SSSR count). The number of halogens is 1. The van der Waals surface area contributed by atoms with E-state index < -0.39 is 0 Å². The predicted molar refractivity (Wildman–Crippen MR) is 74.4 cm³/mol. The Kier molecular flexibility index (Phi) is 4.46. The van der Waals surface area contributed by atoms with Gasteiger partial charge in [0.15, 0.2) is 0 Å². The number of piperidine rings is 1. The molecule has 0 aliphatic carbocycles. The van der Waals surface area contributed by atoms with Crippen molar-refractivity contribution >= 4 is 11.6 Å². The van der Waals surface area contributed by atoms with Gasteiger partial charge in [0, 0.05) is 24.3 Å². The summed E-state index contributed by atoms with van der Waals surface area (Å²) >= 11 is 6.00. The van der Waals surface area contributed by atoms with Crippen LogP contribution in [-0.4, -0.2) is 36.1 Å². The highest BCUT2D eigenvalue weighted by Crippen LogP contribution is 2.25. The molecule has 0 N–H and O–H groups in total. The van der Waals surface area contributed by atoms with Crippen molar-refractivity contribution in [3.63, 3.8) is 0 Å². The van der Waals surface area contributed by atoms with Gasteiger partial charge in [-0.3, -0.25) is 0 Å². The van der Waals surface area contributed by atoms with Gasteiger partial charge in [0.25, 0.3) is 0 Å². The molecule has 0 aromatic carbocycles. The minimum absolute atomic E-state index is 0.275. The molecular weight excluding hydrogens is 248 g/mol. The van der Waals surface area contributed by atoms with Gasteiger partial charge in [-0.05, 0) is 45.4 Å². The van der Waals surface area contributed by atoms with Crippen molar-refractivity contribution in [2.24, 2.45) is 0 Å². The lowest BCUT2D eigenvalue weighted by molar-refractivity contribution is 0.109. The largest absolute Gasteiger partial charge is 0.474 e. The van der Waals surface area contributed by atoms with Crippen LogP contribution >= 0.6 is 11.6 Å². The van der Waals surface area contributed by atoms with E-state index in [4.69, 9.17) is 16.3 Å². The Labute approximate surface area is 114 Å². The van der Waals surface area contributed by atoms with Crippen LogP contribution in [0.25, 0.3) is 0 Å². The highest BCUT2D eigenvalue weighted by Gasteiger charge is 2.20. The van der Waals surface area contributed by atoms with Crippen LogP contribution in [0.5, 0.6) is 5.88 Å². The molecule has 3 nitrogen and oxygen atoms in total. The van der Waals surface area contributed by atoms with Gasteiger partial charge >= 0.3 is 0 Å². The fourth-order valence-electron chi connectivity index (χ4n) is 2.35. The first kappa shape index (κ1) is 13.6. The van der Waals surface area contributed by atoms with E-state index in [-0.39, 0.29) is 6.10 Å². The number of aromatic nitrogens is 1. The van der Waals surface area contributed by atoms with Gasteiger partial charge in [-0.1, -0.05) is 0 Å². The van der Waals surface area contributed by atoms with E-state index in [0.717, 1.165) is 43.1 Å². The lowest BCUT2D eigenvalue weighted by atomic mass is 10.1. The number of likely N-dealkylation sites (tertiary alicyclic amines) is 1. The minimum Gasteiger partial charge on any atom is -0.474 e. The van der Waals surface area contributed by atoms with E-state index in [1.54, 1.807) is 0 Å². The summed E-state index contributed by atoms with van der Waals surface area (Å²) in [7, 11) is 2.15. The van der Waals surface area contributed by atoms with Crippen LogP contribution in [0.15, 0.2) is 6.07 Å². The van der Waals surface area contributed by atoms with Crippen molar-refractivity contribution in [2.45, 2.75) is 38.7 Å². The maximum absolute atomic E-state index is 6.07. The molecule has 0 spiro atoms. The van der Waals surface area contributed by atoms with Crippen LogP contribution < -0.4 is 4.74 Å². The Bertz CT molecular complexity index is 415. The Hall–Kier alpha value is -0.800. The summed E-state index contributed by atoms with van der Waals surface area (Å²) in [5.74, 6) is 1.19. The molecular formula is C14H21ClN2O. The number of ether oxygens (including phenoxy) is 1. The van der Waals surface area contributed by atoms with Crippen LogP contribution in [0.1, 0.15) is 29.7 Å². The van der Waals surface area contributed by atoms with Gasteiger partial charge in [0.05, 0.1) is 5.88 Å². The smallest absolute Gasteiger partial charge is 0.218 e. The quantitative estimate of drug-likeness (QED) is 0.789. The average Bonchev–Trinajstić information content (AvgIpc) is 2.32. The van der Waals surface area contributed by atoms with Crippen molar-refractivity contribution in [2.75, 3.05) is 20.1 Å². The third-order valence-corrected chi connectivity index (χ3v) is 3.78. The van der Waals surface area contributed by atoms with Gasteiger partial charge in [-0.2, -0.15) is 0 Å². The molecule has 0 amide bonds. The van der Waals surface area contributed by atoms with E-state index in [1.165, 1.54) is 5.56 Å². The first-order valence-corrected chi connectivity index (χ1v) is 7.02. The zero-order chi connectivity index (χ0) is 13.1. The predicted octanol–water partition coefficient (Wildman–Crippen LogP) is 2.91. The Balaban J connectivity index is 2.13. The lowest BCUT2D eigenvalue weighted by Crippen LogP contribution is -2.36. The maximum Gasteiger partial charge on any atom is 0.218 e. The molecule has 1 aliphatic heterocycles. The summed E-state index contributed by atoms with van der Waals surface area (Å²) in [6.45, 7) is 6.23. The zero-order valence-electron chi connectivity index (χ0n) is 11.4. The van der Waals surface area contributed by atoms with Crippen molar-refractivity contribution < 1.29 is 4.74 Å². The number of hydrogen-bond acceptors (Lipinski definition) is 3. The van der Waals surface area contributed by atoms with E-state index in [2.05, 4.69) is 29.9 Å². The molecule has 1 saturated heterocycles. The molecule has 0 radical (unpaired) electrons. The molecule has 0 atom stereocenters. The monoisotopic (exact) mass is 268 g/mol. The Morgan fingerprint density at radius 2 is 2.06 bits per heavy atom. The zero-order valence-corrected chi connectivity index (χ0v) is 12.1. The summed E-state index contributed by atoms with van der Waals surface area (Å²) < 4.78 is 6.07. The minimum atomic E-state index is 0.275. The van der Waals surface area contributed by atoms with Gasteiger partial charge in [0.2, 0.25) is 5.88 Å². The lowest BCUT2D eigenvalue weighted by Gasteiger charge is -2.29. The summed E-state index contributed by atoms with van der Waals surface area (Å²) in [5, 5.41) is 0. The third-order valence-electron chi connectivity index (χ3n) is 3.51. The van der Waals surface area contributed by atoms with E-state index >= 15 is 0 Å². The second kappa shape index (κ2) is 5.89. The number of alkyl halides is 1. The second-order valence-corrected chi connectivity index (χ2v) is 5.39. The molecule has 1 aliphatic rings. The SMILES string of the molecule is Cc1cc(C)c(CCl)c(OC2CCN(C)CC2)n1. The fourth-order valence-corrected chi connectivity index (χ4v) is 2.67. The average molecular weight is 269 g/mol. The van der Waals surface area contributed by atoms with Crippen molar-refractivity contribution in [1.29, 1.82) is 0 Å². The summed E-state index contributed by atoms with van der Waals surface area (Å²) in [5.41, 5.74) is 3.19. The van der Waals surface area contributed by atoms with E-state index in [0.29, 0.717) is 5.88 Å². The summed E-state index contributed by atoms with van der Waals surface area (Å²) in [6.07, 6.45) is 2.40. The molecule has 4 heteroatoms. The van der Waals surface area contributed by atoms with Crippen LogP contribution in [-0.2, 0) is 5.88 Å². The molecule has 0 saturated carbocycles. The number of aryl methyl sites for hydroxylation is 2. The molecule has 0 bridgehead atoms. The first-order chi connectivity index (χ1) is 8.60. The van der Waals surface area contributed by atoms with Crippen LogP contribution in [0, 0.1) is 13.8 Å². The van der Waals surface area contributed by atoms with Crippen molar-refractivity contribution in [3.05, 3.63) is 22.9 Å².